The van der Waals surface area contributed by atoms with Crippen LogP contribution in [0.25, 0.3) is 10.9 Å². The highest BCUT2D eigenvalue weighted by molar-refractivity contribution is 6.31. The zero-order chi connectivity index (χ0) is 20.8. The largest absolute Gasteiger partial charge is 0.356 e. The number of amides is 1. The van der Waals surface area contributed by atoms with Crippen LogP contribution in [-0.4, -0.2) is 52.8 Å². The van der Waals surface area contributed by atoms with Crippen molar-refractivity contribution in [1.29, 1.82) is 0 Å². The summed E-state index contributed by atoms with van der Waals surface area (Å²) in [5.41, 5.74) is 3.39. The molecule has 1 atom stereocenters. The Hall–Kier alpha value is -1.66. The lowest BCUT2D eigenvalue weighted by atomic mass is 9.91. The number of alkyl halides is 2. The lowest BCUT2D eigenvalue weighted by Gasteiger charge is -2.39. The second-order valence-electron chi connectivity index (χ2n) is 8.82. The van der Waals surface area contributed by atoms with Crippen LogP contribution < -0.4 is 0 Å². The molecule has 4 rings (SSSR count). The van der Waals surface area contributed by atoms with Gasteiger partial charge in [-0.05, 0) is 42.5 Å². The highest BCUT2D eigenvalue weighted by Crippen LogP contribution is 2.39. The first-order valence-corrected chi connectivity index (χ1v) is 10.8. The van der Waals surface area contributed by atoms with Crippen molar-refractivity contribution >= 4 is 28.4 Å². The van der Waals surface area contributed by atoms with Gasteiger partial charge in [-0.25, -0.2) is 8.78 Å². The predicted molar refractivity (Wildman–Crippen MR) is 112 cm³/mol. The molecule has 7 heteroatoms. The van der Waals surface area contributed by atoms with Crippen molar-refractivity contribution in [2.45, 2.75) is 51.5 Å². The van der Waals surface area contributed by atoms with Crippen molar-refractivity contribution in [2.75, 3.05) is 26.2 Å². The number of piperidine rings is 1. The van der Waals surface area contributed by atoms with Crippen molar-refractivity contribution in [3.63, 3.8) is 0 Å². The number of aromatic nitrogens is 1. The molecular weight excluding hydrogens is 396 g/mol. The maximum Gasteiger partial charge on any atom is 0.250 e. The van der Waals surface area contributed by atoms with Gasteiger partial charge < -0.3 is 9.88 Å². The first kappa shape index (κ1) is 20.6. The van der Waals surface area contributed by atoms with E-state index < -0.39 is 5.92 Å². The Morgan fingerprint density at radius 2 is 2.00 bits per heavy atom. The van der Waals surface area contributed by atoms with Gasteiger partial charge in [0.2, 0.25) is 5.91 Å². The Balaban J connectivity index is 1.57. The third-order valence-electron chi connectivity index (χ3n) is 6.17. The summed E-state index contributed by atoms with van der Waals surface area (Å²) in [7, 11) is 0. The fourth-order valence-electron chi connectivity index (χ4n) is 4.65. The van der Waals surface area contributed by atoms with Crippen LogP contribution in [0.5, 0.6) is 0 Å². The summed E-state index contributed by atoms with van der Waals surface area (Å²) in [5, 5.41) is 1.84. The van der Waals surface area contributed by atoms with Crippen molar-refractivity contribution in [3.05, 3.63) is 34.5 Å². The van der Waals surface area contributed by atoms with Gasteiger partial charge in [0.05, 0.1) is 12.6 Å². The molecule has 1 unspecified atom stereocenters. The predicted octanol–water partition coefficient (Wildman–Crippen LogP) is 5.02. The van der Waals surface area contributed by atoms with E-state index in [4.69, 9.17) is 11.6 Å². The minimum Gasteiger partial charge on any atom is -0.356 e. The molecule has 1 amide bonds. The normalized spacial score (nSPS) is 22.3. The van der Waals surface area contributed by atoms with E-state index in [0.29, 0.717) is 17.5 Å². The Morgan fingerprint density at radius 3 is 2.69 bits per heavy atom. The molecule has 0 bridgehead atoms. The summed E-state index contributed by atoms with van der Waals surface area (Å²) in [6, 6.07) is 5.83. The molecule has 0 saturated carbocycles. The van der Waals surface area contributed by atoms with Gasteiger partial charge >= 0.3 is 0 Å². The van der Waals surface area contributed by atoms with Crippen LogP contribution in [0, 0.1) is 5.92 Å². The van der Waals surface area contributed by atoms with Crippen LogP contribution in [0.1, 0.15) is 50.4 Å². The van der Waals surface area contributed by atoms with E-state index in [2.05, 4.69) is 18.8 Å². The van der Waals surface area contributed by atoms with Gasteiger partial charge in [0.25, 0.3) is 5.92 Å². The number of hydrogen-bond donors (Lipinski definition) is 1. The lowest BCUT2D eigenvalue weighted by molar-refractivity contribution is -0.137. The molecule has 2 aliphatic heterocycles. The number of benzene rings is 1. The zero-order valence-electron chi connectivity index (χ0n) is 17.0. The van der Waals surface area contributed by atoms with Crippen molar-refractivity contribution in [2.24, 2.45) is 5.92 Å². The molecule has 1 aromatic carbocycles. The summed E-state index contributed by atoms with van der Waals surface area (Å²) in [4.78, 5) is 20.5. The summed E-state index contributed by atoms with van der Waals surface area (Å²) in [6.45, 7) is 5.72. The van der Waals surface area contributed by atoms with E-state index in [1.165, 1.54) is 5.56 Å². The highest BCUT2D eigenvalue weighted by atomic mass is 35.5. The van der Waals surface area contributed by atoms with Crippen molar-refractivity contribution in [3.8, 4) is 0 Å². The van der Waals surface area contributed by atoms with Crippen molar-refractivity contribution < 1.29 is 13.6 Å². The molecule has 1 N–H and O–H groups in total. The smallest absolute Gasteiger partial charge is 0.250 e. The molecule has 4 nitrogen and oxygen atoms in total. The van der Waals surface area contributed by atoms with Gasteiger partial charge in [0.1, 0.15) is 0 Å². The van der Waals surface area contributed by atoms with Gasteiger partial charge in [0, 0.05) is 54.1 Å². The second kappa shape index (κ2) is 7.88. The monoisotopic (exact) mass is 423 g/mol. The number of likely N-dealkylation sites (tertiary alicyclic amines) is 1. The molecule has 158 valence electrons. The quantitative estimate of drug-likeness (QED) is 0.749. The maximum absolute atomic E-state index is 13.4. The van der Waals surface area contributed by atoms with E-state index in [9.17, 15) is 13.6 Å². The van der Waals surface area contributed by atoms with Gasteiger partial charge in [0.15, 0.2) is 0 Å². The lowest BCUT2D eigenvalue weighted by Crippen LogP contribution is -2.48. The number of fused-ring (bicyclic) bond motifs is 3. The second-order valence-corrected chi connectivity index (χ2v) is 9.26. The van der Waals surface area contributed by atoms with E-state index in [0.717, 1.165) is 29.4 Å². The summed E-state index contributed by atoms with van der Waals surface area (Å²) < 4.78 is 26.9. The molecule has 0 aliphatic carbocycles. The Bertz CT molecular complexity index is 901. The van der Waals surface area contributed by atoms with Crippen LogP contribution in [0.15, 0.2) is 18.2 Å². The standard InChI is InChI=1S/C22H28ClF2N3O/c1-14(2)11-19-21-16(17-12-15(23)3-4-18(17)26-21)5-8-28(19)20(29)13-27-9-6-22(24,25)7-10-27/h3-4,12,14,19,26H,5-11,13H2,1-2H3. The van der Waals surface area contributed by atoms with Gasteiger partial charge in [-0.15, -0.1) is 0 Å². The molecule has 1 aromatic heterocycles. The molecular formula is C22H28ClF2N3O. The number of H-pyrrole nitrogens is 1. The van der Waals surface area contributed by atoms with Gasteiger partial charge in [-0.3, -0.25) is 9.69 Å². The Morgan fingerprint density at radius 1 is 1.28 bits per heavy atom. The fourth-order valence-corrected chi connectivity index (χ4v) is 4.82. The Kier molecular flexibility index (Phi) is 5.60. The number of carbonyl (C=O) groups is 1. The fraction of sp³-hybridized carbons (Fsp3) is 0.591. The summed E-state index contributed by atoms with van der Waals surface area (Å²) >= 11 is 6.21. The average Bonchev–Trinajstić information content (AvgIpc) is 3.01. The first-order chi connectivity index (χ1) is 13.7. The average molecular weight is 424 g/mol. The number of hydrogen-bond acceptors (Lipinski definition) is 2. The summed E-state index contributed by atoms with van der Waals surface area (Å²) in [5.74, 6) is -2.14. The SMILES string of the molecule is CC(C)CC1c2[nH]c3ccc(Cl)cc3c2CCN1C(=O)CN1CCC(F)(F)CC1. The van der Waals surface area contributed by atoms with Crippen molar-refractivity contribution in [1.82, 2.24) is 14.8 Å². The zero-order valence-corrected chi connectivity index (χ0v) is 17.7. The van der Waals surface area contributed by atoms with Crippen LogP contribution in [-0.2, 0) is 11.2 Å². The van der Waals surface area contributed by atoms with E-state index in [1.54, 1.807) is 0 Å². The number of nitrogens with zero attached hydrogens (tertiary/aromatic N) is 2. The first-order valence-electron chi connectivity index (χ1n) is 10.4. The van der Waals surface area contributed by atoms with E-state index in [1.807, 2.05) is 28.0 Å². The number of rotatable bonds is 4. The third-order valence-corrected chi connectivity index (χ3v) is 6.41. The molecule has 0 spiro atoms. The number of aromatic amines is 1. The number of halogens is 3. The maximum atomic E-state index is 13.4. The van der Waals surface area contributed by atoms with Crippen LogP contribution in [0.2, 0.25) is 5.02 Å². The van der Waals surface area contributed by atoms with E-state index >= 15 is 0 Å². The minimum absolute atomic E-state index is 0.0244. The van der Waals surface area contributed by atoms with Crippen LogP contribution in [0.3, 0.4) is 0 Å². The highest BCUT2D eigenvalue weighted by Gasteiger charge is 2.37. The minimum atomic E-state index is -2.59. The molecule has 0 radical (unpaired) electrons. The molecule has 2 aliphatic rings. The van der Waals surface area contributed by atoms with Crippen LogP contribution in [0.4, 0.5) is 8.78 Å². The Labute approximate surface area is 175 Å². The number of nitrogens with one attached hydrogen (secondary N) is 1. The molecule has 1 saturated heterocycles. The molecule has 3 heterocycles. The van der Waals surface area contributed by atoms with E-state index in [-0.39, 0.29) is 44.4 Å². The van der Waals surface area contributed by atoms with Crippen LogP contribution >= 0.6 is 11.6 Å². The molecule has 1 fully saturated rings. The van der Waals surface area contributed by atoms with Gasteiger partial charge in [-0.1, -0.05) is 25.4 Å². The molecule has 2 aromatic rings. The number of carbonyl (C=O) groups excluding carboxylic acids is 1. The topological polar surface area (TPSA) is 39.3 Å². The summed E-state index contributed by atoms with van der Waals surface area (Å²) in [6.07, 6.45) is 1.30. The molecule has 29 heavy (non-hydrogen) atoms. The van der Waals surface area contributed by atoms with Gasteiger partial charge in [-0.2, -0.15) is 0 Å². The third kappa shape index (κ3) is 4.29.